The minimum atomic E-state index is -0.799. The first-order valence-electron chi connectivity index (χ1n) is 10.0. The molecule has 1 aromatic carbocycles. The Balaban J connectivity index is 0.000000303. The van der Waals surface area contributed by atoms with Gasteiger partial charge in [-0.3, -0.25) is 19.3 Å². The van der Waals surface area contributed by atoms with Crippen LogP contribution in [0.2, 0.25) is 0 Å². The molecule has 2 unspecified atom stereocenters. The molecule has 1 aliphatic heterocycles. The third-order valence-electron chi connectivity index (χ3n) is 4.94. The minimum absolute atomic E-state index is 0.208. The first kappa shape index (κ1) is 24.4. The SMILES string of the molecule is Cn1cnc(CC(NC(=O)C2CCCN2CC#N)C(N)=O)c1.NC(=O)c1cccc(N)c1. The van der Waals surface area contributed by atoms with Crippen molar-refractivity contribution in [1.29, 1.82) is 5.26 Å². The maximum atomic E-state index is 12.3. The molecule has 2 atom stereocenters. The van der Waals surface area contributed by atoms with Gasteiger partial charge in [0.2, 0.25) is 17.7 Å². The molecule has 3 rings (SSSR count). The number of likely N-dealkylation sites (tertiary alicyclic amines) is 1. The maximum absolute atomic E-state index is 12.3. The van der Waals surface area contributed by atoms with Gasteiger partial charge in [-0.25, -0.2) is 4.98 Å². The van der Waals surface area contributed by atoms with Crippen molar-refractivity contribution < 1.29 is 14.4 Å². The number of hydrogen-bond donors (Lipinski definition) is 4. The van der Waals surface area contributed by atoms with E-state index < -0.39 is 17.9 Å². The van der Waals surface area contributed by atoms with Crippen molar-refractivity contribution in [2.45, 2.75) is 31.3 Å². The van der Waals surface area contributed by atoms with E-state index in [1.165, 1.54) is 0 Å². The number of nitrogens with one attached hydrogen (secondary N) is 1. The van der Waals surface area contributed by atoms with Crippen molar-refractivity contribution in [3.05, 3.63) is 48.0 Å². The normalized spacial score (nSPS) is 16.3. The zero-order valence-corrected chi connectivity index (χ0v) is 17.9. The molecule has 0 radical (unpaired) electrons. The average molecular weight is 441 g/mol. The second-order valence-electron chi connectivity index (χ2n) is 7.47. The summed E-state index contributed by atoms with van der Waals surface area (Å²) in [7, 11) is 1.83. The number of primary amides is 2. The molecule has 1 aliphatic rings. The highest BCUT2D eigenvalue weighted by molar-refractivity contribution is 5.93. The number of amides is 3. The summed E-state index contributed by atoms with van der Waals surface area (Å²) in [6.45, 7) is 0.923. The molecule has 0 saturated carbocycles. The third-order valence-corrected chi connectivity index (χ3v) is 4.94. The monoisotopic (exact) mass is 440 g/mol. The number of imidazole rings is 1. The number of carbonyl (C=O) groups excluding carboxylic acids is 3. The number of carbonyl (C=O) groups is 3. The van der Waals surface area contributed by atoms with Gasteiger partial charge in [0, 0.05) is 37.5 Å². The van der Waals surface area contributed by atoms with Gasteiger partial charge in [0.15, 0.2) is 0 Å². The van der Waals surface area contributed by atoms with Gasteiger partial charge >= 0.3 is 0 Å². The van der Waals surface area contributed by atoms with E-state index in [0.717, 1.165) is 6.42 Å². The molecule has 11 nitrogen and oxygen atoms in total. The fourth-order valence-corrected chi connectivity index (χ4v) is 3.37. The van der Waals surface area contributed by atoms with Crippen LogP contribution in [0.4, 0.5) is 5.69 Å². The molecule has 1 saturated heterocycles. The lowest BCUT2D eigenvalue weighted by molar-refractivity contribution is -0.130. The summed E-state index contributed by atoms with van der Waals surface area (Å²) < 4.78 is 1.76. The first-order valence-corrected chi connectivity index (χ1v) is 10.0. The minimum Gasteiger partial charge on any atom is -0.399 e. The zero-order chi connectivity index (χ0) is 23.7. The number of nitrogen functional groups attached to an aromatic ring is 1. The molecule has 170 valence electrons. The molecule has 0 spiro atoms. The molecular formula is C21H28N8O3. The number of aromatic nitrogens is 2. The Bertz CT molecular complexity index is 997. The lowest BCUT2D eigenvalue weighted by atomic mass is 10.1. The van der Waals surface area contributed by atoms with E-state index in [1.807, 2.05) is 11.9 Å². The molecule has 1 aromatic heterocycles. The van der Waals surface area contributed by atoms with Crippen molar-refractivity contribution in [2.24, 2.45) is 18.5 Å². The van der Waals surface area contributed by atoms with Gasteiger partial charge in [0.1, 0.15) is 6.04 Å². The maximum Gasteiger partial charge on any atom is 0.248 e. The topological polar surface area (TPSA) is 186 Å². The zero-order valence-electron chi connectivity index (χ0n) is 17.9. The van der Waals surface area contributed by atoms with E-state index in [1.54, 1.807) is 41.4 Å². The van der Waals surface area contributed by atoms with E-state index >= 15 is 0 Å². The van der Waals surface area contributed by atoms with Crippen LogP contribution in [0, 0.1) is 11.3 Å². The molecule has 11 heteroatoms. The van der Waals surface area contributed by atoms with Crippen LogP contribution in [0.5, 0.6) is 0 Å². The van der Waals surface area contributed by atoms with Gasteiger partial charge < -0.3 is 27.1 Å². The Hall–Kier alpha value is -3.91. The summed E-state index contributed by atoms with van der Waals surface area (Å²) in [5.74, 6) is -1.30. The Kier molecular flexibility index (Phi) is 8.73. The standard InChI is InChI=1S/C14H20N6O2.C7H8N2O/c1-19-8-10(17-9-19)7-11(13(16)21)18-14(22)12-3-2-5-20(12)6-4-15;8-6-3-1-2-5(4-6)7(9)10/h8-9,11-12H,2-3,5-7H2,1H3,(H2,16,21)(H,18,22);1-4H,8H2,(H2,9,10). The predicted molar refractivity (Wildman–Crippen MR) is 118 cm³/mol. The van der Waals surface area contributed by atoms with E-state index in [9.17, 15) is 14.4 Å². The number of benzene rings is 1. The molecule has 0 bridgehead atoms. The third kappa shape index (κ3) is 7.10. The summed E-state index contributed by atoms with van der Waals surface area (Å²) in [6, 6.07) is 7.44. The Morgan fingerprint density at radius 1 is 1.34 bits per heavy atom. The second-order valence-corrected chi connectivity index (χ2v) is 7.47. The van der Waals surface area contributed by atoms with Gasteiger partial charge in [0.05, 0.1) is 30.7 Å². The number of nitrogens with zero attached hydrogens (tertiary/aromatic N) is 4. The first-order chi connectivity index (χ1) is 15.2. The van der Waals surface area contributed by atoms with Gasteiger partial charge in [-0.2, -0.15) is 5.26 Å². The van der Waals surface area contributed by atoms with E-state index in [0.29, 0.717) is 29.9 Å². The van der Waals surface area contributed by atoms with Crippen LogP contribution in [-0.2, 0) is 23.1 Å². The fraction of sp³-hybridized carbons (Fsp3) is 0.381. The summed E-state index contributed by atoms with van der Waals surface area (Å²) in [6.07, 6.45) is 5.21. The van der Waals surface area contributed by atoms with Gasteiger partial charge in [-0.05, 0) is 31.0 Å². The van der Waals surface area contributed by atoms with Crippen molar-refractivity contribution in [3.8, 4) is 6.07 Å². The lowest BCUT2D eigenvalue weighted by Gasteiger charge is -2.23. The summed E-state index contributed by atoms with van der Waals surface area (Å²) >= 11 is 0. The molecule has 2 aromatic rings. The van der Waals surface area contributed by atoms with Crippen LogP contribution in [0.1, 0.15) is 28.9 Å². The molecule has 1 fully saturated rings. The highest BCUT2D eigenvalue weighted by Crippen LogP contribution is 2.17. The highest BCUT2D eigenvalue weighted by Gasteiger charge is 2.32. The van der Waals surface area contributed by atoms with Crippen molar-refractivity contribution in [1.82, 2.24) is 19.8 Å². The van der Waals surface area contributed by atoms with E-state index in [2.05, 4.69) is 16.4 Å². The molecule has 3 amide bonds. The summed E-state index contributed by atoms with van der Waals surface area (Å²) in [5.41, 5.74) is 17.4. The van der Waals surface area contributed by atoms with Crippen LogP contribution in [0.15, 0.2) is 36.8 Å². The smallest absolute Gasteiger partial charge is 0.248 e. The van der Waals surface area contributed by atoms with Crippen LogP contribution in [-0.4, -0.2) is 57.3 Å². The van der Waals surface area contributed by atoms with Crippen LogP contribution in [0.25, 0.3) is 0 Å². The number of rotatable bonds is 7. The molecule has 2 heterocycles. The number of nitrogens with two attached hydrogens (primary N) is 3. The van der Waals surface area contributed by atoms with Crippen LogP contribution in [0.3, 0.4) is 0 Å². The van der Waals surface area contributed by atoms with Gasteiger partial charge in [0.25, 0.3) is 0 Å². The summed E-state index contributed by atoms with van der Waals surface area (Å²) in [5, 5.41) is 11.5. The Labute approximate surface area is 186 Å². The van der Waals surface area contributed by atoms with Gasteiger partial charge in [-0.1, -0.05) is 6.07 Å². The fourth-order valence-electron chi connectivity index (χ4n) is 3.37. The van der Waals surface area contributed by atoms with Crippen LogP contribution >= 0.6 is 0 Å². The van der Waals surface area contributed by atoms with E-state index in [4.69, 9.17) is 22.5 Å². The average Bonchev–Trinajstić information content (AvgIpc) is 3.37. The number of hydrogen-bond acceptors (Lipinski definition) is 7. The quantitative estimate of drug-likeness (QED) is 0.323. The largest absolute Gasteiger partial charge is 0.399 e. The van der Waals surface area contributed by atoms with Gasteiger partial charge in [-0.15, -0.1) is 0 Å². The number of aryl methyl sites for hydroxylation is 1. The second kappa shape index (κ2) is 11.5. The van der Waals surface area contributed by atoms with Crippen molar-refractivity contribution >= 4 is 23.4 Å². The number of nitriles is 1. The lowest BCUT2D eigenvalue weighted by Crippen LogP contribution is -2.52. The molecule has 7 N–H and O–H groups in total. The predicted octanol–water partition coefficient (Wildman–Crippen LogP) is -0.712. The Morgan fingerprint density at radius 2 is 2.09 bits per heavy atom. The molecular weight excluding hydrogens is 412 g/mol. The highest BCUT2D eigenvalue weighted by atomic mass is 16.2. The molecule has 0 aliphatic carbocycles. The number of anilines is 1. The van der Waals surface area contributed by atoms with Crippen molar-refractivity contribution in [3.63, 3.8) is 0 Å². The summed E-state index contributed by atoms with van der Waals surface area (Å²) in [4.78, 5) is 40.4. The molecule has 32 heavy (non-hydrogen) atoms. The Morgan fingerprint density at radius 3 is 2.62 bits per heavy atom. The van der Waals surface area contributed by atoms with E-state index in [-0.39, 0.29) is 24.9 Å². The van der Waals surface area contributed by atoms with Crippen molar-refractivity contribution in [2.75, 3.05) is 18.8 Å². The van der Waals surface area contributed by atoms with Crippen LogP contribution < -0.4 is 22.5 Å².